The SMILES string of the molecule is CS(=O)(=O)Nc1ccc(C(F)(F)F)cc1NC(=O)C1CC1c1ccccc1C(F)(F)F. The first-order chi connectivity index (χ1) is 14.2. The lowest BCUT2D eigenvalue weighted by Crippen LogP contribution is -2.19. The summed E-state index contributed by atoms with van der Waals surface area (Å²) < 4.78 is 104. The molecule has 1 aliphatic rings. The van der Waals surface area contributed by atoms with Gasteiger partial charge in [0.05, 0.1) is 28.8 Å². The zero-order valence-electron chi connectivity index (χ0n) is 15.8. The largest absolute Gasteiger partial charge is 0.416 e. The molecule has 0 spiro atoms. The van der Waals surface area contributed by atoms with Crippen LogP contribution in [0.3, 0.4) is 0 Å². The Morgan fingerprint density at radius 3 is 2.19 bits per heavy atom. The first kappa shape index (κ1) is 22.9. The van der Waals surface area contributed by atoms with Crippen molar-refractivity contribution in [1.29, 1.82) is 0 Å². The Hall–Kier alpha value is -2.76. The number of alkyl halides is 6. The predicted molar refractivity (Wildman–Crippen MR) is 101 cm³/mol. The van der Waals surface area contributed by atoms with Crippen molar-refractivity contribution in [3.8, 4) is 0 Å². The summed E-state index contributed by atoms with van der Waals surface area (Å²) in [6.45, 7) is 0. The maximum absolute atomic E-state index is 13.2. The smallest absolute Gasteiger partial charge is 0.324 e. The summed E-state index contributed by atoms with van der Waals surface area (Å²) in [7, 11) is -3.87. The third kappa shape index (κ3) is 5.49. The van der Waals surface area contributed by atoms with Gasteiger partial charge in [-0.2, -0.15) is 26.3 Å². The number of rotatable bonds is 5. The summed E-state index contributed by atoms with van der Waals surface area (Å²) in [4.78, 5) is 12.5. The first-order valence-electron chi connectivity index (χ1n) is 8.83. The third-order valence-corrected chi connectivity index (χ3v) is 5.28. The van der Waals surface area contributed by atoms with E-state index in [0.717, 1.165) is 18.4 Å². The summed E-state index contributed by atoms with van der Waals surface area (Å²) in [5, 5.41) is 2.22. The molecule has 2 atom stereocenters. The Morgan fingerprint density at radius 1 is 0.968 bits per heavy atom. The standard InChI is InChI=1S/C19H16F6N2O3S/c1-31(29,30)27-15-7-6-10(18(20,21)22)8-16(15)26-17(28)13-9-12(13)11-4-2-3-5-14(11)19(23,24)25/h2-8,12-13,27H,9H2,1H3,(H,26,28). The van der Waals surface area contributed by atoms with E-state index in [0.29, 0.717) is 12.1 Å². The van der Waals surface area contributed by atoms with E-state index in [1.54, 1.807) is 0 Å². The van der Waals surface area contributed by atoms with Crippen LogP contribution in [0.15, 0.2) is 42.5 Å². The van der Waals surface area contributed by atoms with Gasteiger partial charge in [-0.1, -0.05) is 18.2 Å². The molecule has 12 heteroatoms. The van der Waals surface area contributed by atoms with E-state index >= 15 is 0 Å². The average molecular weight is 466 g/mol. The van der Waals surface area contributed by atoms with E-state index in [1.807, 2.05) is 4.72 Å². The van der Waals surface area contributed by atoms with Crippen LogP contribution in [-0.4, -0.2) is 20.6 Å². The molecule has 0 bridgehead atoms. The van der Waals surface area contributed by atoms with Gasteiger partial charge in [0, 0.05) is 5.92 Å². The minimum absolute atomic E-state index is 0.0753. The highest BCUT2D eigenvalue weighted by atomic mass is 32.2. The summed E-state index contributed by atoms with van der Waals surface area (Å²) in [6, 6.07) is 6.82. The number of amides is 1. The molecule has 3 rings (SSSR count). The molecule has 0 aromatic heterocycles. The molecule has 168 valence electrons. The lowest BCUT2D eigenvalue weighted by Gasteiger charge is -2.16. The maximum atomic E-state index is 13.2. The van der Waals surface area contributed by atoms with Crippen LogP contribution in [0.4, 0.5) is 37.7 Å². The highest BCUT2D eigenvalue weighted by Gasteiger charge is 2.48. The van der Waals surface area contributed by atoms with Crippen molar-refractivity contribution in [3.63, 3.8) is 0 Å². The zero-order chi connectivity index (χ0) is 23.2. The quantitative estimate of drug-likeness (QED) is 0.620. The second-order valence-corrected chi connectivity index (χ2v) is 8.90. The van der Waals surface area contributed by atoms with Crippen LogP contribution in [0.5, 0.6) is 0 Å². The molecular formula is C19H16F6N2O3S. The fraction of sp³-hybridized carbons (Fsp3) is 0.316. The molecule has 31 heavy (non-hydrogen) atoms. The van der Waals surface area contributed by atoms with Gasteiger partial charge in [-0.25, -0.2) is 8.42 Å². The monoisotopic (exact) mass is 466 g/mol. The Bertz CT molecular complexity index is 1110. The number of sulfonamides is 1. The van der Waals surface area contributed by atoms with Gasteiger partial charge < -0.3 is 5.32 Å². The van der Waals surface area contributed by atoms with Crippen LogP contribution in [0.2, 0.25) is 0 Å². The van der Waals surface area contributed by atoms with Gasteiger partial charge in [-0.05, 0) is 42.2 Å². The highest BCUT2D eigenvalue weighted by Crippen LogP contribution is 2.51. The van der Waals surface area contributed by atoms with Crippen LogP contribution in [0.25, 0.3) is 0 Å². The van der Waals surface area contributed by atoms with Crippen molar-refractivity contribution in [2.24, 2.45) is 5.92 Å². The summed E-state index contributed by atoms with van der Waals surface area (Å²) in [5.74, 6) is -2.46. The Labute approximate surface area is 173 Å². The van der Waals surface area contributed by atoms with Crippen LogP contribution in [0, 0.1) is 5.92 Å². The van der Waals surface area contributed by atoms with Crippen LogP contribution in [-0.2, 0) is 27.2 Å². The summed E-state index contributed by atoms with van der Waals surface area (Å²) in [6.07, 6.45) is -8.52. The van der Waals surface area contributed by atoms with Crippen LogP contribution < -0.4 is 10.0 Å². The molecular weight excluding hydrogens is 450 g/mol. The number of anilines is 2. The third-order valence-electron chi connectivity index (χ3n) is 4.69. The van der Waals surface area contributed by atoms with Gasteiger partial charge in [-0.3, -0.25) is 9.52 Å². The van der Waals surface area contributed by atoms with Crippen molar-refractivity contribution >= 4 is 27.3 Å². The Morgan fingerprint density at radius 2 is 1.61 bits per heavy atom. The van der Waals surface area contributed by atoms with E-state index in [2.05, 4.69) is 5.32 Å². The van der Waals surface area contributed by atoms with Crippen LogP contribution >= 0.6 is 0 Å². The number of carbonyl (C=O) groups excluding carboxylic acids is 1. The molecule has 0 saturated heterocycles. The van der Waals surface area contributed by atoms with Gasteiger partial charge in [0.2, 0.25) is 15.9 Å². The number of hydrogen-bond donors (Lipinski definition) is 2. The maximum Gasteiger partial charge on any atom is 0.416 e. The molecule has 0 radical (unpaired) electrons. The minimum atomic E-state index is -4.75. The van der Waals surface area contributed by atoms with E-state index in [-0.39, 0.29) is 17.7 Å². The second-order valence-electron chi connectivity index (χ2n) is 7.16. The molecule has 2 N–H and O–H groups in total. The normalized spacial score (nSPS) is 19.1. The van der Waals surface area contributed by atoms with Gasteiger partial charge in [0.25, 0.3) is 0 Å². The van der Waals surface area contributed by atoms with E-state index in [9.17, 15) is 39.6 Å². The molecule has 0 aliphatic heterocycles. The van der Waals surface area contributed by atoms with Crippen molar-refractivity contribution in [2.45, 2.75) is 24.7 Å². The predicted octanol–water partition coefficient (Wildman–Crippen LogP) is 4.84. The topological polar surface area (TPSA) is 75.3 Å². The van der Waals surface area contributed by atoms with Gasteiger partial charge in [-0.15, -0.1) is 0 Å². The van der Waals surface area contributed by atoms with E-state index < -0.39 is 56.9 Å². The molecule has 1 amide bonds. The molecule has 1 fully saturated rings. The number of hydrogen-bond acceptors (Lipinski definition) is 3. The van der Waals surface area contributed by atoms with Crippen molar-refractivity contribution in [2.75, 3.05) is 16.3 Å². The van der Waals surface area contributed by atoms with E-state index in [4.69, 9.17) is 0 Å². The number of nitrogens with one attached hydrogen (secondary N) is 2. The molecule has 2 unspecified atom stereocenters. The molecule has 0 heterocycles. The van der Waals surface area contributed by atoms with Crippen molar-refractivity contribution < 1.29 is 39.6 Å². The fourth-order valence-electron chi connectivity index (χ4n) is 3.25. The molecule has 5 nitrogen and oxygen atoms in total. The molecule has 2 aromatic carbocycles. The fourth-order valence-corrected chi connectivity index (χ4v) is 3.82. The Balaban J connectivity index is 1.86. The highest BCUT2D eigenvalue weighted by molar-refractivity contribution is 7.92. The van der Waals surface area contributed by atoms with Crippen molar-refractivity contribution in [1.82, 2.24) is 0 Å². The first-order valence-corrected chi connectivity index (χ1v) is 10.7. The molecule has 2 aromatic rings. The average Bonchev–Trinajstić information content (AvgIpc) is 3.41. The van der Waals surface area contributed by atoms with Crippen LogP contribution in [0.1, 0.15) is 29.0 Å². The zero-order valence-corrected chi connectivity index (χ0v) is 16.6. The van der Waals surface area contributed by atoms with Gasteiger partial charge in [0.15, 0.2) is 0 Å². The lowest BCUT2D eigenvalue weighted by molar-refractivity contribution is -0.138. The number of halogens is 6. The Kier molecular flexibility index (Phi) is 5.72. The molecule has 1 aliphatic carbocycles. The summed E-state index contributed by atoms with van der Waals surface area (Å²) >= 11 is 0. The number of carbonyl (C=O) groups is 1. The molecule has 1 saturated carbocycles. The van der Waals surface area contributed by atoms with Gasteiger partial charge >= 0.3 is 12.4 Å². The number of benzene rings is 2. The lowest BCUT2D eigenvalue weighted by atomic mass is 10.0. The van der Waals surface area contributed by atoms with E-state index in [1.165, 1.54) is 18.2 Å². The summed E-state index contributed by atoms with van der Waals surface area (Å²) in [5.41, 5.74) is -2.82. The van der Waals surface area contributed by atoms with Gasteiger partial charge in [0.1, 0.15) is 0 Å². The van der Waals surface area contributed by atoms with Crippen molar-refractivity contribution in [3.05, 3.63) is 59.2 Å². The second kappa shape index (κ2) is 7.74. The minimum Gasteiger partial charge on any atom is -0.324 e.